The van der Waals surface area contributed by atoms with Crippen LogP contribution in [0, 0.1) is 64.1 Å². The molecule has 6 fully saturated rings. The number of hydrogen-bond donors (Lipinski definition) is 4. The Bertz CT molecular complexity index is 785. The van der Waals surface area contributed by atoms with Crippen molar-refractivity contribution in [2.75, 3.05) is 6.61 Å². The van der Waals surface area contributed by atoms with Crippen LogP contribution in [0.3, 0.4) is 0 Å². The Morgan fingerprint density at radius 2 is 1.64 bits per heavy atom. The largest absolute Gasteiger partial charge is 0.393 e. The summed E-state index contributed by atoms with van der Waals surface area (Å²) in [7, 11) is 0. The Hall–Kier alpha value is -0.600. The highest BCUT2D eigenvalue weighted by atomic mass is 16.3. The summed E-state index contributed by atoms with van der Waals surface area (Å²) in [5, 5.41) is 43.1. The molecule has 0 bridgehead atoms. The van der Waals surface area contributed by atoms with Gasteiger partial charge in [0.05, 0.1) is 11.7 Å². The van der Waals surface area contributed by atoms with E-state index in [1.54, 1.807) is 0 Å². The molecule has 12 unspecified atom stereocenters. The van der Waals surface area contributed by atoms with Gasteiger partial charge < -0.3 is 20.4 Å². The molecule has 6 aliphatic carbocycles. The van der Waals surface area contributed by atoms with E-state index in [0.717, 1.165) is 38.5 Å². The summed E-state index contributed by atoms with van der Waals surface area (Å²) < 4.78 is 0. The van der Waals surface area contributed by atoms with E-state index < -0.39 is 11.2 Å². The summed E-state index contributed by atoms with van der Waals surface area (Å²) in [5.41, 5.74) is -1.98. The molecule has 28 heavy (non-hydrogen) atoms. The first-order valence-corrected chi connectivity index (χ1v) is 11.4. The van der Waals surface area contributed by atoms with E-state index in [1.165, 1.54) is 0 Å². The zero-order chi connectivity index (χ0) is 19.7. The van der Waals surface area contributed by atoms with Crippen molar-refractivity contribution in [1.82, 2.24) is 0 Å². The van der Waals surface area contributed by atoms with Crippen LogP contribution in [-0.2, 0) is 0 Å². The fourth-order valence-electron chi connectivity index (χ4n) is 9.57. The second kappa shape index (κ2) is 5.17. The lowest BCUT2D eigenvalue weighted by molar-refractivity contribution is -0.233. The molecule has 6 saturated carbocycles. The number of rotatable bonds is 0. The molecule has 0 aromatic carbocycles. The normalized spacial score (nSPS) is 65.6. The van der Waals surface area contributed by atoms with E-state index in [9.17, 15) is 20.4 Å². The quantitative estimate of drug-likeness (QED) is 0.480. The predicted molar refractivity (Wildman–Crippen MR) is 104 cm³/mol. The molecule has 0 saturated heterocycles. The van der Waals surface area contributed by atoms with Crippen molar-refractivity contribution >= 4 is 0 Å². The molecular formula is C24H34O4. The van der Waals surface area contributed by atoms with Gasteiger partial charge in [0.2, 0.25) is 0 Å². The summed E-state index contributed by atoms with van der Waals surface area (Å²) in [5.74, 6) is 9.14. The van der Waals surface area contributed by atoms with Gasteiger partial charge in [-0.15, -0.1) is 0 Å². The SMILES string of the molecule is CC12CCC3C(C4CC4C4(O)CC(O)CCC34C)C1C1CC1C2(O)C#CCO. The van der Waals surface area contributed by atoms with Gasteiger partial charge in [0.1, 0.15) is 12.2 Å². The molecule has 0 aliphatic heterocycles. The van der Waals surface area contributed by atoms with E-state index in [4.69, 9.17) is 0 Å². The van der Waals surface area contributed by atoms with Crippen molar-refractivity contribution < 1.29 is 20.4 Å². The van der Waals surface area contributed by atoms with Gasteiger partial charge in [-0.25, -0.2) is 0 Å². The molecule has 0 aromatic heterocycles. The van der Waals surface area contributed by atoms with E-state index in [1.807, 2.05) is 0 Å². The topological polar surface area (TPSA) is 80.9 Å². The van der Waals surface area contributed by atoms with Crippen molar-refractivity contribution in [3.63, 3.8) is 0 Å². The number of aliphatic hydroxyl groups excluding tert-OH is 2. The lowest BCUT2D eigenvalue weighted by Crippen LogP contribution is -2.65. The highest BCUT2D eigenvalue weighted by molar-refractivity contribution is 5.36. The van der Waals surface area contributed by atoms with Crippen LogP contribution in [0.25, 0.3) is 0 Å². The fourth-order valence-corrected chi connectivity index (χ4v) is 9.57. The molecule has 6 rings (SSSR count). The Morgan fingerprint density at radius 1 is 0.929 bits per heavy atom. The number of aliphatic hydroxyl groups is 4. The Kier molecular flexibility index (Phi) is 3.36. The van der Waals surface area contributed by atoms with Gasteiger partial charge in [-0.2, -0.15) is 0 Å². The third kappa shape index (κ3) is 1.81. The highest BCUT2D eigenvalue weighted by Gasteiger charge is 2.81. The molecule has 4 N–H and O–H groups in total. The third-order valence-electron chi connectivity index (χ3n) is 11.0. The maximum absolute atomic E-state index is 11.8. The Balaban J connectivity index is 1.42. The lowest BCUT2D eigenvalue weighted by Gasteiger charge is -2.64. The Labute approximate surface area is 167 Å². The van der Waals surface area contributed by atoms with Gasteiger partial charge in [0.15, 0.2) is 0 Å². The maximum Gasteiger partial charge on any atom is 0.134 e. The molecule has 6 aliphatic rings. The first-order valence-electron chi connectivity index (χ1n) is 11.4. The zero-order valence-electron chi connectivity index (χ0n) is 17.1. The van der Waals surface area contributed by atoms with Gasteiger partial charge in [0, 0.05) is 17.8 Å². The van der Waals surface area contributed by atoms with E-state index >= 15 is 0 Å². The third-order valence-corrected chi connectivity index (χ3v) is 11.0. The summed E-state index contributed by atoms with van der Waals surface area (Å²) >= 11 is 0. The number of fused-ring (bicyclic) bond motifs is 10. The average molecular weight is 387 g/mol. The molecule has 0 spiro atoms. The van der Waals surface area contributed by atoms with E-state index in [-0.39, 0.29) is 29.5 Å². The first-order chi connectivity index (χ1) is 13.2. The van der Waals surface area contributed by atoms with Crippen LogP contribution in [0.2, 0.25) is 0 Å². The van der Waals surface area contributed by atoms with E-state index in [0.29, 0.717) is 41.9 Å². The second-order valence-electron chi connectivity index (χ2n) is 11.6. The van der Waals surface area contributed by atoms with Crippen molar-refractivity contribution in [3.8, 4) is 11.8 Å². The molecule has 4 heteroatoms. The molecular weight excluding hydrogens is 352 g/mol. The molecule has 4 nitrogen and oxygen atoms in total. The molecule has 0 heterocycles. The minimum absolute atomic E-state index is 0.113. The van der Waals surface area contributed by atoms with Gasteiger partial charge >= 0.3 is 0 Å². The second-order valence-corrected chi connectivity index (χ2v) is 11.6. The van der Waals surface area contributed by atoms with Crippen molar-refractivity contribution in [2.24, 2.45) is 52.3 Å². The molecule has 12 atom stereocenters. The monoisotopic (exact) mass is 386 g/mol. The molecule has 0 aromatic rings. The minimum Gasteiger partial charge on any atom is -0.393 e. The first kappa shape index (κ1) is 18.2. The van der Waals surface area contributed by atoms with Gasteiger partial charge in [-0.1, -0.05) is 25.7 Å². The average Bonchev–Trinajstić information content (AvgIpc) is 3.54. The van der Waals surface area contributed by atoms with Crippen LogP contribution in [0.5, 0.6) is 0 Å². The van der Waals surface area contributed by atoms with Crippen molar-refractivity contribution in [1.29, 1.82) is 0 Å². The van der Waals surface area contributed by atoms with Crippen molar-refractivity contribution in [2.45, 2.75) is 76.1 Å². The van der Waals surface area contributed by atoms with Crippen LogP contribution in [0.1, 0.15) is 58.8 Å². The minimum atomic E-state index is -0.960. The maximum atomic E-state index is 11.8. The summed E-state index contributed by atoms with van der Waals surface area (Å²) in [6.45, 7) is 4.38. The van der Waals surface area contributed by atoms with Crippen LogP contribution >= 0.6 is 0 Å². The van der Waals surface area contributed by atoms with Crippen LogP contribution in [0.15, 0.2) is 0 Å². The fraction of sp³-hybridized carbons (Fsp3) is 0.917. The smallest absolute Gasteiger partial charge is 0.134 e. The summed E-state index contributed by atoms with van der Waals surface area (Å²) in [6, 6.07) is 0. The van der Waals surface area contributed by atoms with Crippen LogP contribution in [0.4, 0.5) is 0 Å². The predicted octanol–water partition coefficient (Wildman–Crippen LogP) is 1.94. The molecule has 154 valence electrons. The number of hydrogen-bond acceptors (Lipinski definition) is 4. The molecule has 0 radical (unpaired) electrons. The van der Waals surface area contributed by atoms with Crippen LogP contribution in [-0.4, -0.2) is 44.3 Å². The lowest BCUT2D eigenvalue weighted by atomic mass is 9.42. The van der Waals surface area contributed by atoms with Gasteiger partial charge in [-0.05, 0) is 79.4 Å². The van der Waals surface area contributed by atoms with Crippen LogP contribution < -0.4 is 0 Å². The Morgan fingerprint density at radius 3 is 2.39 bits per heavy atom. The van der Waals surface area contributed by atoms with Gasteiger partial charge in [-0.3, -0.25) is 0 Å². The summed E-state index contributed by atoms with van der Waals surface area (Å²) in [6.07, 6.45) is 6.06. The molecule has 0 amide bonds. The van der Waals surface area contributed by atoms with E-state index in [2.05, 4.69) is 25.7 Å². The highest BCUT2D eigenvalue weighted by Crippen LogP contribution is 2.81. The van der Waals surface area contributed by atoms with Crippen molar-refractivity contribution in [3.05, 3.63) is 0 Å². The zero-order valence-corrected chi connectivity index (χ0v) is 17.1. The summed E-state index contributed by atoms with van der Waals surface area (Å²) in [4.78, 5) is 0. The standard InChI is InChI=1S/C24H34O4/c1-21-7-4-13(26)12-24(21,28)17-10-14(17)19-16(21)5-8-22(2)20(19)15-11-18(15)23(22,27)6-3-9-25/h13-20,25-28H,4-5,7-12H2,1-2H3. The van der Waals surface area contributed by atoms with Gasteiger partial charge in [0.25, 0.3) is 0 Å².